The van der Waals surface area contributed by atoms with Gasteiger partial charge in [-0.3, -0.25) is 39.5 Å². The summed E-state index contributed by atoms with van der Waals surface area (Å²) in [7, 11) is -4.63. The second-order valence-electron chi connectivity index (χ2n) is 23.7. The largest absolute Gasteiger partial charge is 0.493 e. The Kier molecular flexibility index (Phi) is 17.6. The summed E-state index contributed by atoms with van der Waals surface area (Å²) in [5.41, 5.74) is 6.67. The third-order valence-electron chi connectivity index (χ3n) is 17.3. The SMILES string of the molecule is CC1(C)CCC(CN2CCN(c3ccc(C(=O)NS(=O)(=O)c4ccc(NC[C@H]5CC[C@@H](NCCCCOc6cccc7c6CN(C6CCC(=O)NC6=O)C7=O)CC5)c([N+](=O)[O-])c4)c(Oc4cnc5[nH]ccc5c4)c3)CC2)=C(c2ccc(Cl)cc2)C1. The second-order valence-corrected chi connectivity index (χ2v) is 25.8. The number of aromatic nitrogens is 2. The van der Waals surface area contributed by atoms with Crippen LogP contribution in [0.15, 0.2) is 114 Å². The predicted molar refractivity (Wildman–Crippen MR) is 324 cm³/mol. The summed E-state index contributed by atoms with van der Waals surface area (Å²) in [6.07, 6.45) is 12.2. The van der Waals surface area contributed by atoms with Crippen molar-refractivity contribution in [3.05, 3.63) is 146 Å². The second kappa shape index (κ2) is 25.4. The molecule has 1 saturated carbocycles. The number of nitro groups is 1. The smallest absolute Gasteiger partial charge is 0.293 e. The number of piperazine rings is 1. The number of rotatable bonds is 21. The number of hydrogen-bond donors (Lipinski definition) is 5. The molecule has 6 aromatic rings. The van der Waals surface area contributed by atoms with E-state index in [9.17, 15) is 37.7 Å². The lowest BCUT2D eigenvalue weighted by atomic mass is 9.72. The normalized spacial score (nSPS) is 20.1. The zero-order chi connectivity index (χ0) is 59.4. The molecule has 2 saturated heterocycles. The average Bonchev–Trinajstić information content (AvgIpc) is 2.99. The molecule has 11 rings (SSSR count). The van der Waals surface area contributed by atoms with Gasteiger partial charge in [-0.2, -0.15) is 0 Å². The summed E-state index contributed by atoms with van der Waals surface area (Å²) in [5.74, 6) is -0.689. The van der Waals surface area contributed by atoms with E-state index in [0.29, 0.717) is 61.4 Å². The zero-order valence-electron chi connectivity index (χ0n) is 47.8. The van der Waals surface area contributed by atoms with Gasteiger partial charge >= 0.3 is 0 Å². The number of hydrogen-bond acceptors (Lipinski definition) is 15. The van der Waals surface area contributed by atoms with Gasteiger partial charge in [0.15, 0.2) is 0 Å². The number of unbranched alkanes of at least 4 members (excludes halogenated alkanes) is 1. The van der Waals surface area contributed by atoms with Crippen LogP contribution >= 0.6 is 11.6 Å². The van der Waals surface area contributed by atoms with E-state index in [1.807, 2.05) is 24.3 Å². The maximum Gasteiger partial charge on any atom is 0.293 e. The summed E-state index contributed by atoms with van der Waals surface area (Å²) in [6.45, 7) is 10.5. The fourth-order valence-corrected chi connectivity index (χ4v) is 13.5. The molecule has 3 aliphatic heterocycles. The van der Waals surface area contributed by atoms with Gasteiger partial charge in [0.2, 0.25) is 11.8 Å². The van der Waals surface area contributed by atoms with Crippen molar-refractivity contribution in [2.75, 3.05) is 62.6 Å². The van der Waals surface area contributed by atoms with Crippen molar-refractivity contribution in [3.63, 3.8) is 0 Å². The quantitative estimate of drug-likeness (QED) is 0.0195. The van der Waals surface area contributed by atoms with Crippen LogP contribution in [0, 0.1) is 21.4 Å². The summed E-state index contributed by atoms with van der Waals surface area (Å²) < 4.78 is 42.6. The number of aromatic amines is 1. The number of allylic oxidation sites excluding steroid dienone is 1. The number of nitro benzene ring substituents is 1. The number of carbonyl (C=O) groups excluding carboxylic acids is 4. The van der Waals surface area contributed by atoms with Gasteiger partial charge in [-0.1, -0.05) is 49.2 Å². The van der Waals surface area contributed by atoms with Crippen LogP contribution in [0.3, 0.4) is 0 Å². The number of halogens is 1. The Morgan fingerprint density at radius 3 is 2.48 bits per heavy atom. The van der Waals surface area contributed by atoms with Crippen LogP contribution in [0.1, 0.15) is 116 Å². The molecule has 3 fully saturated rings. The number of pyridine rings is 1. The minimum absolute atomic E-state index is 0.0554. The van der Waals surface area contributed by atoms with Crippen LogP contribution in [-0.4, -0.2) is 121 Å². The zero-order valence-corrected chi connectivity index (χ0v) is 49.4. The van der Waals surface area contributed by atoms with Gasteiger partial charge in [-0.15, -0.1) is 0 Å². The third-order valence-corrected chi connectivity index (χ3v) is 18.9. The van der Waals surface area contributed by atoms with Crippen LogP contribution in [0.4, 0.5) is 17.1 Å². The topological polar surface area (TPSA) is 251 Å². The van der Waals surface area contributed by atoms with Gasteiger partial charge in [-0.25, -0.2) is 18.1 Å². The molecule has 5 N–H and O–H groups in total. The summed E-state index contributed by atoms with van der Waals surface area (Å²) >= 11 is 6.27. The number of ether oxygens (including phenoxy) is 2. The summed E-state index contributed by atoms with van der Waals surface area (Å²) in [4.78, 5) is 76.6. The van der Waals surface area contributed by atoms with Crippen molar-refractivity contribution < 1.29 is 42.0 Å². The molecule has 5 heterocycles. The molecule has 1 atom stereocenters. The number of sulfonamides is 1. The van der Waals surface area contributed by atoms with Crippen LogP contribution < -0.4 is 35.0 Å². The van der Waals surface area contributed by atoms with Crippen LogP contribution in [-0.2, 0) is 26.2 Å². The van der Waals surface area contributed by atoms with Crippen LogP contribution in [0.5, 0.6) is 17.2 Å². The monoisotopic (exact) mass is 1190 g/mol. The van der Waals surface area contributed by atoms with Crippen molar-refractivity contribution in [1.29, 1.82) is 0 Å². The molecule has 0 bridgehead atoms. The molecule has 2 aromatic heterocycles. The lowest BCUT2D eigenvalue weighted by Crippen LogP contribution is -2.52. The molecule has 0 radical (unpaired) electrons. The fourth-order valence-electron chi connectivity index (χ4n) is 12.4. The minimum atomic E-state index is -4.63. The van der Waals surface area contributed by atoms with Gasteiger partial charge in [-0.05, 0) is 154 Å². The van der Waals surface area contributed by atoms with E-state index in [1.54, 1.807) is 42.6 Å². The van der Waals surface area contributed by atoms with Crippen molar-refractivity contribution in [3.8, 4) is 17.2 Å². The average molecular weight is 1200 g/mol. The Balaban J connectivity index is 0.669. The molecule has 446 valence electrons. The Bertz CT molecular complexity index is 3670. The Labute approximate surface area is 499 Å². The number of H-pyrrole nitrogens is 1. The predicted octanol–water partition coefficient (Wildman–Crippen LogP) is 10.0. The number of nitrogens with one attached hydrogen (secondary N) is 5. The molecule has 4 amide bonds. The molecule has 85 heavy (non-hydrogen) atoms. The number of carbonyl (C=O) groups is 4. The lowest BCUT2D eigenvalue weighted by molar-refractivity contribution is -0.384. The van der Waals surface area contributed by atoms with E-state index in [1.165, 1.54) is 39.9 Å². The van der Waals surface area contributed by atoms with E-state index in [0.717, 1.165) is 112 Å². The standard InChI is InChI=1S/C63H71ClN10O10S/c1-63(2)24-22-43(51(35-63)41-10-12-44(64)13-11-41)38-71-27-29-72(30-28-71)46-16-18-50(57(33-46)84-47-32-42-23-26-66-59(42)68-37-47)60(76)70-85(81,82)48-17-19-53(55(34-48)74(79)80)67-36-40-8-14-45(15-9-40)65-25-3-4-31-83-56-7-5-6-49-52(56)39-73(62(49)78)54-20-21-58(75)69-61(54)77/h5-7,10-13,16-19,23,26,32-34,37,40,45,54,65,67H,3-4,8-9,14-15,20-22,24-25,27-31,35-36,38-39H2,1-2H3,(H,66,68)(H,70,76)(H,69,75,77)/t40-,45+,54?. The van der Waals surface area contributed by atoms with E-state index < -0.39 is 43.4 Å². The Morgan fingerprint density at radius 2 is 1.71 bits per heavy atom. The number of fused-ring (bicyclic) bond motifs is 2. The number of nitrogens with zero attached hydrogens (tertiary/aromatic N) is 5. The van der Waals surface area contributed by atoms with Crippen molar-refractivity contribution in [2.45, 2.75) is 108 Å². The van der Waals surface area contributed by atoms with Gasteiger partial charge in [0, 0.05) is 97.3 Å². The van der Waals surface area contributed by atoms with Gasteiger partial charge in [0.05, 0.1) is 34.7 Å². The number of anilines is 2. The number of benzene rings is 4. The lowest BCUT2D eigenvalue weighted by Gasteiger charge is -2.39. The first kappa shape index (κ1) is 58.9. The molecule has 5 aliphatic rings. The molecule has 4 aromatic carbocycles. The molecule has 2 aliphatic carbocycles. The maximum absolute atomic E-state index is 14.2. The summed E-state index contributed by atoms with van der Waals surface area (Å²) in [5, 5.41) is 23.2. The molecule has 22 heteroatoms. The first-order valence-electron chi connectivity index (χ1n) is 29.3. The molecular weight excluding hydrogens is 1120 g/mol. The van der Waals surface area contributed by atoms with Crippen molar-refractivity contribution >= 4 is 78.9 Å². The van der Waals surface area contributed by atoms with Crippen molar-refractivity contribution in [2.24, 2.45) is 11.3 Å². The number of amides is 4. The van der Waals surface area contributed by atoms with Crippen molar-refractivity contribution in [1.82, 2.24) is 35.1 Å². The molecular formula is C63H71ClN10O10S. The molecule has 0 spiro atoms. The first-order valence-corrected chi connectivity index (χ1v) is 31.2. The minimum Gasteiger partial charge on any atom is -0.493 e. The fraction of sp³-hybridized carbons (Fsp3) is 0.413. The van der Waals surface area contributed by atoms with Gasteiger partial charge in [0.25, 0.3) is 27.5 Å². The van der Waals surface area contributed by atoms with Crippen LogP contribution in [0.25, 0.3) is 16.6 Å². The molecule has 20 nitrogen and oxygen atoms in total. The number of imide groups is 1. The van der Waals surface area contributed by atoms with E-state index in [2.05, 4.69) is 66.4 Å². The maximum atomic E-state index is 14.2. The third kappa shape index (κ3) is 13.8. The highest BCUT2D eigenvalue weighted by molar-refractivity contribution is 7.90. The Morgan fingerprint density at radius 1 is 0.906 bits per heavy atom. The molecule has 1 unspecified atom stereocenters. The highest BCUT2D eigenvalue weighted by atomic mass is 35.5. The first-order chi connectivity index (χ1) is 40.9. The highest BCUT2D eigenvalue weighted by Gasteiger charge is 2.40. The summed E-state index contributed by atoms with van der Waals surface area (Å²) in [6, 6.07) is 25.4. The number of piperidine rings is 1. The highest BCUT2D eigenvalue weighted by Crippen LogP contribution is 2.44. The van der Waals surface area contributed by atoms with E-state index in [-0.39, 0.29) is 53.1 Å². The van der Waals surface area contributed by atoms with Crippen LogP contribution in [0.2, 0.25) is 5.02 Å². The Hall–Kier alpha value is -7.85. The van der Waals surface area contributed by atoms with E-state index in [4.69, 9.17) is 21.1 Å². The van der Waals surface area contributed by atoms with E-state index >= 15 is 0 Å². The van der Waals surface area contributed by atoms with Gasteiger partial charge < -0.3 is 34.9 Å². The van der Waals surface area contributed by atoms with Gasteiger partial charge in [0.1, 0.15) is 34.6 Å².